The Hall–Kier alpha value is -1.55. The van der Waals surface area contributed by atoms with Gasteiger partial charge in [0.15, 0.2) is 6.61 Å². The van der Waals surface area contributed by atoms with Gasteiger partial charge in [0.05, 0.1) is 6.61 Å². The van der Waals surface area contributed by atoms with E-state index in [1.807, 2.05) is 17.0 Å². The van der Waals surface area contributed by atoms with E-state index in [0.717, 1.165) is 12.8 Å². The molecule has 4 nitrogen and oxygen atoms in total. The molecular weight excluding hydrogens is 254 g/mol. The summed E-state index contributed by atoms with van der Waals surface area (Å²) in [5.41, 5.74) is 0.708. The molecule has 1 aliphatic heterocycles. The van der Waals surface area contributed by atoms with Crippen molar-refractivity contribution >= 4 is 5.91 Å². The average Bonchev–Trinajstić information content (AvgIpc) is 2.45. The Bertz CT molecular complexity index is 451. The number of nitrogens with zero attached hydrogens (tertiary/aromatic N) is 1. The maximum atomic E-state index is 12.3. The van der Waals surface area contributed by atoms with E-state index in [-0.39, 0.29) is 31.2 Å². The summed E-state index contributed by atoms with van der Waals surface area (Å²) in [6, 6.07) is 7.82. The lowest BCUT2D eigenvalue weighted by atomic mass is 9.97. The molecule has 0 spiro atoms. The number of amides is 1. The van der Waals surface area contributed by atoms with Crippen LogP contribution < -0.4 is 4.74 Å². The van der Waals surface area contributed by atoms with Gasteiger partial charge in [-0.2, -0.15) is 0 Å². The Labute approximate surface area is 120 Å². The van der Waals surface area contributed by atoms with Gasteiger partial charge in [-0.1, -0.05) is 18.2 Å². The van der Waals surface area contributed by atoms with Gasteiger partial charge in [-0.25, -0.2) is 0 Å². The number of piperidine rings is 1. The van der Waals surface area contributed by atoms with Crippen molar-refractivity contribution in [3.05, 3.63) is 29.8 Å². The lowest BCUT2D eigenvalue weighted by Crippen LogP contribution is -2.49. The van der Waals surface area contributed by atoms with Crippen molar-refractivity contribution in [2.45, 2.75) is 51.8 Å². The van der Waals surface area contributed by atoms with Crippen LogP contribution in [0.4, 0.5) is 0 Å². The van der Waals surface area contributed by atoms with Gasteiger partial charge in [0.1, 0.15) is 5.75 Å². The van der Waals surface area contributed by atoms with Crippen LogP contribution in [-0.2, 0) is 11.4 Å². The highest BCUT2D eigenvalue weighted by molar-refractivity contribution is 5.78. The Morgan fingerprint density at radius 3 is 2.60 bits per heavy atom. The summed E-state index contributed by atoms with van der Waals surface area (Å²) in [6.45, 7) is 4.14. The number of hydrogen-bond donors (Lipinski definition) is 1. The van der Waals surface area contributed by atoms with Crippen molar-refractivity contribution in [3.8, 4) is 5.75 Å². The molecule has 0 bridgehead atoms. The first kappa shape index (κ1) is 14.9. The third kappa shape index (κ3) is 3.31. The molecule has 1 aromatic carbocycles. The van der Waals surface area contributed by atoms with Crippen molar-refractivity contribution in [1.82, 2.24) is 4.90 Å². The maximum Gasteiger partial charge on any atom is 0.260 e. The number of aliphatic hydroxyl groups excluding tert-OH is 1. The van der Waals surface area contributed by atoms with Crippen molar-refractivity contribution in [2.24, 2.45) is 0 Å². The van der Waals surface area contributed by atoms with Gasteiger partial charge in [0.25, 0.3) is 5.91 Å². The number of hydrogen-bond acceptors (Lipinski definition) is 3. The topological polar surface area (TPSA) is 49.8 Å². The minimum Gasteiger partial charge on any atom is -0.483 e. The van der Waals surface area contributed by atoms with Gasteiger partial charge in [0.2, 0.25) is 0 Å². The maximum absolute atomic E-state index is 12.3. The van der Waals surface area contributed by atoms with Crippen LogP contribution in [0.25, 0.3) is 0 Å². The molecule has 1 amide bonds. The van der Waals surface area contributed by atoms with Gasteiger partial charge in [-0.15, -0.1) is 0 Å². The predicted octanol–water partition coefficient (Wildman–Crippen LogP) is 2.35. The van der Waals surface area contributed by atoms with Crippen LogP contribution in [0.5, 0.6) is 5.75 Å². The Morgan fingerprint density at radius 2 is 1.95 bits per heavy atom. The second kappa shape index (κ2) is 6.75. The van der Waals surface area contributed by atoms with E-state index in [1.165, 1.54) is 6.42 Å². The molecule has 1 aliphatic rings. The monoisotopic (exact) mass is 277 g/mol. The van der Waals surface area contributed by atoms with Gasteiger partial charge < -0.3 is 14.7 Å². The molecule has 0 radical (unpaired) electrons. The van der Waals surface area contributed by atoms with Crippen molar-refractivity contribution in [2.75, 3.05) is 6.61 Å². The first-order valence-electron chi connectivity index (χ1n) is 7.26. The van der Waals surface area contributed by atoms with Crippen LogP contribution in [0.15, 0.2) is 24.3 Å². The molecule has 110 valence electrons. The van der Waals surface area contributed by atoms with E-state index < -0.39 is 0 Å². The summed E-state index contributed by atoms with van der Waals surface area (Å²) in [6.07, 6.45) is 3.30. The van der Waals surface area contributed by atoms with Gasteiger partial charge >= 0.3 is 0 Å². The zero-order valence-corrected chi connectivity index (χ0v) is 12.2. The van der Waals surface area contributed by atoms with Gasteiger partial charge in [-0.3, -0.25) is 4.79 Å². The number of para-hydroxylation sites is 1. The molecule has 1 N–H and O–H groups in total. The number of ether oxygens (including phenoxy) is 1. The van der Waals surface area contributed by atoms with Crippen LogP contribution in [0.1, 0.15) is 38.7 Å². The first-order valence-corrected chi connectivity index (χ1v) is 7.26. The third-order valence-corrected chi connectivity index (χ3v) is 3.98. The normalized spacial score (nSPS) is 22.6. The summed E-state index contributed by atoms with van der Waals surface area (Å²) in [5.74, 6) is 0.609. The first-order chi connectivity index (χ1) is 9.63. The van der Waals surface area contributed by atoms with Crippen LogP contribution >= 0.6 is 0 Å². The molecule has 1 fully saturated rings. The molecular formula is C16H23NO3. The van der Waals surface area contributed by atoms with E-state index in [9.17, 15) is 9.90 Å². The zero-order chi connectivity index (χ0) is 14.5. The second-order valence-corrected chi connectivity index (χ2v) is 5.48. The van der Waals surface area contributed by atoms with Crippen LogP contribution in [0.2, 0.25) is 0 Å². The summed E-state index contributed by atoms with van der Waals surface area (Å²) in [5, 5.41) is 9.24. The van der Waals surface area contributed by atoms with Crippen LogP contribution in [-0.4, -0.2) is 34.6 Å². The minimum absolute atomic E-state index is 0.0254. The number of rotatable bonds is 4. The molecule has 0 saturated carbocycles. The molecule has 1 saturated heterocycles. The van der Waals surface area contributed by atoms with Gasteiger partial charge in [0, 0.05) is 17.6 Å². The van der Waals surface area contributed by atoms with Crippen molar-refractivity contribution in [1.29, 1.82) is 0 Å². The molecule has 20 heavy (non-hydrogen) atoms. The molecule has 1 aromatic rings. The predicted molar refractivity (Wildman–Crippen MR) is 77.5 cm³/mol. The summed E-state index contributed by atoms with van der Waals surface area (Å²) in [7, 11) is 0. The highest BCUT2D eigenvalue weighted by Gasteiger charge is 2.29. The molecule has 4 heteroatoms. The van der Waals surface area contributed by atoms with E-state index in [2.05, 4.69) is 13.8 Å². The SMILES string of the molecule is CC1CCCC(C)N1C(=O)COc1ccccc1CO. The Balaban J connectivity index is 1.97. The Morgan fingerprint density at radius 1 is 1.30 bits per heavy atom. The average molecular weight is 277 g/mol. The second-order valence-electron chi connectivity index (χ2n) is 5.48. The van der Waals surface area contributed by atoms with Crippen molar-refractivity contribution in [3.63, 3.8) is 0 Å². The van der Waals surface area contributed by atoms with E-state index in [1.54, 1.807) is 12.1 Å². The number of aliphatic hydroxyl groups is 1. The smallest absolute Gasteiger partial charge is 0.260 e. The molecule has 0 aliphatic carbocycles. The largest absolute Gasteiger partial charge is 0.483 e. The summed E-state index contributed by atoms with van der Waals surface area (Å²) in [4.78, 5) is 14.3. The zero-order valence-electron chi connectivity index (χ0n) is 12.2. The third-order valence-electron chi connectivity index (χ3n) is 3.98. The van der Waals surface area contributed by atoms with Crippen LogP contribution in [0, 0.1) is 0 Å². The van der Waals surface area contributed by atoms with E-state index in [0.29, 0.717) is 11.3 Å². The lowest BCUT2D eigenvalue weighted by molar-refractivity contribution is -0.139. The molecule has 2 rings (SSSR count). The lowest BCUT2D eigenvalue weighted by Gasteiger charge is -2.39. The summed E-state index contributed by atoms with van der Waals surface area (Å²) >= 11 is 0. The fourth-order valence-electron chi connectivity index (χ4n) is 2.90. The quantitative estimate of drug-likeness (QED) is 0.919. The number of carbonyl (C=O) groups is 1. The minimum atomic E-state index is -0.0825. The number of likely N-dealkylation sites (tertiary alicyclic amines) is 1. The fraction of sp³-hybridized carbons (Fsp3) is 0.562. The standard InChI is InChI=1S/C16H23NO3/c1-12-6-5-7-13(2)17(12)16(19)11-20-15-9-4-3-8-14(15)10-18/h3-4,8-9,12-13,18H,5-7,10-11H2,1-2H3. The summed E-state index contributed by atoms with van der Waals surface area (Å²) < 4.78 is 5.59. The van der Waals surface area contributed by atoms with Crippen LogP contribution in [0.3, 0.4) is 0 Å². The van der Waals surface area contributed by atoms with Gasteiger partial charge in [-0.05, 0) is 39.2 Å². The molecule has 1 heterocycles. The molecule has 0 aromatic heterocycles. The molecule has 2 atom stereocenters. The molecule has 2 unspecified atom stereocenters. The number of benzene rings is 1. The Kier molecular flexibility index (Phi) is 5.01. The highest BCUT2D eigenvalue weighted by Crippen LogP contribution is 2.23. The van der Waals surface area contributed by atoms with E-state index >= 15 is 0 Å². The van der Waals surface area contributed by atoms with Crippen molar-refractivity contribution < 1.29 is 14.6 Å². The highest BCUT2D eigenvalue weighted by atomic mass is 16.5. The fourth-order valence-corrected chi connectivity index (χ4v) is 2.90. The number of carbonyl (C=O) groups excluding carboxylic acids is 1. The van der Waals surface area contributed by atoms with E-state index in [4.69, 9.17) is 4.74 Å².